The Balaban J connectivity index is 1.53. The van der Waals surface area contributed by atoms with Gasteiger partial charge in [-0.3, -0.25) is 9.59 Å². The van der Waals surface area contributed by atoms with Crippen molar-refractivity contribution < 1.29 is 4.79 Å². The Labute approximate surface area is 144 Å². The van der Waals surface area contributed by atoms with Gasteiger partial charge in [-0.1, -0.05) is 18.2 Å². The number of aryl methyl sites for hydroxylation is 2. The van der Waals surface area contributed by atoms with Gasteiger partial charge < -0.3 is 9.88 Å². The van der Waals surface area contributed by atoms with Gasteiger partial charge in [-0.15, -0.1) is 0 Å². The molecule has 1 atom stereocenters. The molecule has 0 unspecified atom stereocenters. The SMILES string of the molecule is Cn1nc(CC(=O)N[C@@H]2CCc3nccn3C2)c2ccccc2c1=O. The van der Waals surface area contributed by atoms with Crippen LogP contribution in [0.1, 0.15) is 17.9 Å². The molecule has 0 aliphatic carbocycles. The van der Waals surface area contributed by atoms with Crippen molar-refractivity contribution >= 4 is 16.7 Å². The van der Waals surface area contributed by atoms with Gasteiger partial charge in [-0.25, -0.2) is 9.67 Å². The zero-order valence-corrected chi connectivity index (χ0v) is 14.0. The summed E-state index contributed by atoms with van der Waals surface area (Å²) in [5.41, 5.74) is 0.467. The second-order valence-corrected chi connectivity index (χ2v) is 6.40. The van der Waals surface area contributed by atoms with Gasteiger partial charge in [0.05, 0.1) is 17.5 Å². The number of fused-ring (bicyclic) bond motifs is 2. The molecule has 1 aliphatic rings. The maximum Gasteiger partial charge on any atom is 0.274 e. The Morgan fingerprint density at radius 2 is 2.12 bits per heavy atom. The molecule has 0 radical (unpaired) electrons. The fourth-order valence-electron chi connectivity index (χ4n) is 3.42. The lowest BCUT2D eigenvalue weighted by atomic mass is 10.1. The van der Waals surface area contributed by atoms with Gasteiger partial charge in [0.2, 0.25) is 5.91 Å². The van der Waals surface area contributed by atoms with Crippen LogP contribution in [0.15, 0.2) is 41.5 Å². The number of carbonyl (C=O) groups is 1. The summed E-state index contributed by atoms with van der Waals surface area (Å²) in [5.74, 6) is 0.987. The first-order chi connectivity index (χ1) is 12.1. The number of imidazole rings is 1. The molecule has 1 aliphatic heterocycles. The molecule has 0 fully saturated rings. The Kier molecular flexibility index (Phi) is 3.83. The van der Waals surface area contributed by atoms with Crippen molar-refractivity contribution in [3.63, 3.8) is 0 Å². The Morgan fingerprint density at radius 3 is 2.96 bits per heavy atom. The van der Waals surface area contributed by atoms with E-state index in [1.54, 1.807) is 19.3 Å². The van der Waals surface area contributed by atoms with Crippen LogP contribution in [-0.4, -0.2) is 31.3 Å². The lowest BCUT2D eigenvalue weighted by molar-refractivity contribution is -0.121. The van der Waals surface area contributed by atoms with Crippen LogP contribution in [0.2, 0.25) is 0 Å². The van der Waals surface area contributed by atoms with E-state index in [-0.39, 0.29) is 23.9 Å². The van der Waals surface area contributed by atoms with E-state index in [2.05, 4.69) is 20.0 Å². The van der Waals surface area contributed by atoms with E-state index < -0.39 is 0 Å². The molecule has 3 aromatic rings. The Morgan fingerprint density at radius 1 is 1.32 bits per heavy atom. The standard InChI is InChI=1S/C18H19N5O2/c1-22-18(25)14-5-3-2-4-13(14)15(21-22)10-17(24)20-12-6-7-16-19-8-9-23(16)11-12/h2-5,8-9,12H,6-7,10-11H2,1H3,(H,20,24)/t12-/m1/s1. The van der Waals surface area contributed by atoms with Crippen LogP contribution in [0.3, 0.4) is 0 Å². The zero-order chi connectivity index (χ0) is 17.4. The molecule has 2 aromatic heterocycles. The van der Waals surface area contributed by atoms with Crippen LogP contribution >= 0.6 is 0 Å². The Hall–Kier alpha value is -2.96. The Bertz CT molecular complexity index is 1000. The van der Waals surface area contributed by atoms with Gasteiger partial charge in [0, 0.05) is 43.8 Å². The quantitative estimate of drug-likeness (QED) is 0.767. The van der Waals surface area contributed by atoms with Crippen LogP contribution in [-0.2, 0) is 31.2 Å². The molecule has 0 bridgehead atoms. The van der Waals surface area contributed by atoms with E-state index in [4.69, 9.17) is 0 Å². The molecule has 1 aromatic carbocycles. The zero-order valence-electron chi connectivity index (χ0n) is 14.0. The highest BCUT2D eigenvalue weighted by Crippen LogP contribution is 2.15. The first-order valence-corrected chi connectivity index (χ1v) is 8.36. The molecular formula is C18H19N5O2. The minimum Gasteiger partial charge on any atom is -0.351 e. The third kappa shape index (κ3) is 2.93. The molecule has 1 N–H and O–H groups in total. The first kappa shape index (κ1) is 15.6. The van der Waals surface area contributed by atoms with Gasteiger partial charge in [0.25, 0.3) is 5.56 Å². The summed E-state index contributed by atoms with van der Waals surface area (Å²) in [6, 6.07) is 7.37. The predicted octanol–water partition coefficient (Wildman–Crippen LogP) is 0.804. The van der Waals surface area contributed by atoms with Crippen molar-refractivity contribution in [3.8, 4) is 0 Å². The highest BCUT2D eigenvalue weighted by molar-refractivity contribution is 5.88. The number of nitrogens with zero attached hydrogens (tertiary/aromatic N) is 4. The lowest BCUT2D eigenvalue weighted by Crippen LogP contribution is -2.41. The van der Waals surface area contributed by atoms with Gasteiger partial charge in [0.15, 0.2) is 0 Å². The largest absolute Gasteiger partial charge is 0.351 e. The van der Waals surface area contributed by atoms with E-state index in [0.717, 1.165) is 30.6 Å². The van der Waals surface area contributed by atoms with Crippen molar-refractivity contribution in [1.82, 2.24) is 24.6 Å². The molecule has 7 heteroatoms. The van der Waals surface area contributed by atoms with Crippen molar-refractivity contribution in [2.75, 3.05) is 0 Å². The second kappa shape index (κ2) is 6.16. The van der Waals surface area contributed by atoms with Crippen molar-refractivity contribution in [3.05, 3.63) is 58.5 Å². The van der Waals surface area contributed by atoms with Crippen LogP contribution < -0.4 is 10.9 Å². The average Bonchev–Trinajstić information content (AvgIpc) is 3.07. The van der Waals surface area contributed by atoms with Gasteiger partial charge >= 0.3 is 0 Å². The van der Waals surface area contributed by atoms with Gasteiger partial charge in [-0.2, -0.15) is 5.10 Å². The van der Waals surface area contributed by atoms with Crippen LogP contribution in [0.4, 0.5) is 0 Å². The number of hydrogen-bond donors (Lipinski definition) is 1. The first-order valence-electron chi connectivity index (χ1n) is 8.36. The summed E-state index contributed by atoms with van der Waals surface area (Å²) in [5, 5.41) is 8.70. The van der Waals surface area contributed by atoms with Crippen LogP contribution in [0, 0.1) is 0 Å². The van der Waals surface area contributed by atoms with E-state index in [1.807, 2.05) is 24.4 Å². The molecule has 4 rings (SSSR count). The maximum atomic E-state index is 12.5. The number of carbonyl (C=O) groups excluding carboxylic acids is 1. The maximum absolute atomic E-state index is 12.5. The summed E-state index contributed by atoms with van der Waals surface area (Å²) >= 11 is 0. The van der Waals surface area contributed by atoms with Crippen molar-refractivity contribution in [2.45, 2.75) is 31.8 Å². The molecule has 7 nitrogen and oxygen atoms in total. The molecule has 3 heterocycles. The molecular weight excluding hydrogens is 318 g/mol. The van der Waals surface area contributed by atoms with Crippen LogP contribution in [0.5, 0.6) is 0 Å². The monoisotopic (exact) mass is 337 g/mol. The number of benzene rings is 1. The molecule has 0 saturated carbocycles. The normalized spacial score (nSPS) is 16.6. The molecule has 0 saturated heterocycles. The number of aromatic nitrogens is 4. The second-order valence-electron chi connectivity index (χ2n) is 6.40. The highest BCUT2D eigenvalue weighted by atomic mass is 16.2. The van der Waals surface area contributed by atoms with Crippen molar-refractivity contribution in [1.29, 1.82) is 0 Å². The van der Waals surface area contributed by atoms with Gasteiger partial charge in [-0.05, 0) is 12.5 Å². The van der Waals surface area contributed by atoms with Crippen molar-refractivity contribution in [2.24, 2.45) is 7.05 Å². The van der Waals surface area contributed by atoms with Gasteiger partial charge in [0.1, 0.15) is 5.82 Å². The average molecular weight is 337 g/mol. The minimum atomic E-state index is -0.153. The van der Waals surface area contributed by atoms with E-state index in [1.165, 1.54) is 4.68 Å². The third-order valence-corrected chi connectivity index (χ3v) is 4.66. The smallest absolute Gasteiger partial charge is 0.274 e. The third-order valence-electron chi connectivity index (χ3n) is 4.66. The summed E-state index contributed by atoms with van der Waals surface area (Å²) in [4.78, 5) is 29.0. The summed E-state index contributed by atoms with van der Waals surface area (Å²) in [6.07, 6.45) is 5.63. The number of amides is 1. The van der Waals surface area contributed by atoms with E-state index >= 15 is 0 Å². The number of rotatable bonds is 3. The number of nitrogens with one attached hydrogen (secondary N) is 1. The molecule has 25 heavy (non-hydrogen) atoms. The topological polar surface area (TPSA) is 81.8 Å². The summed E-state index contributed by atoms with van der Waals surface area (Å²) in [7, 11) is 1.61. The highest BCUT2D eigenvalue weighted by Gasteiger charge is 2.21. The fourth-order valence-corrected chi connectivity index (χ4v) is 3.42. The molecule has 0 spiro atoms. The molecule has 1 amide bonds. The molecule has 128 valence electrons. The van der Waals surface area contributed by atoms with E-state index in [9.17, 15) is 9.59 Å². The number of hydrogen-bond acceptors (Lipinski definition) is 4. The van der Waals surface area contributed by atoms with E-state index in [0.29, 0.717) is 11.1 Å². The summed E-state index contributed by atoms with van der Waals surface area (Å²) in [6.45, 7) is 0.739. The lowest BCUT2D eigenvalue weighted by Gasteiger charge is -2.24. The predicted molar refractivity (Wildman–Crippen MR) is 93.2 cm³/mol. The van der Waals surface area contributed by atoms with Crippen LogP contribution in [0.25, 0.3) is 10.8 Å². The fraction of sp³-hybridized carbons (Fsp3) is 0.333. The summed E-state index contributed by atoms with van der Waals surface area (Å²) < 4.78 is 3.37. The minimum absolute atomic E-state index is 0.0788.